The third-order valence-electron chi connectivity index (χ3n) is 6.82. The van der Waals surface area contributed by atoms with Gasteiger partial charge in [-0.2, -0.15) is 0 Å². The first-order valence-corrected chi connectivity index (χ1v) is 12.6. The summed E-state index contributed by atoms with van der Waals surface area (Å²) in [4.78, 5) is 12.3. The summed E-state index contributed by atoms with van der Waals surface area (Å²) in [5.41, 5.74) is 5.29. The van der Waals surface area contributed by atoms with Gasteiger partial charge >= 0.3 is 0 Å². The average molecular weight is 471 g/mol. The highest BCUT2D eigenvalue weighted by Crippen LogP contribution is 2.20. The molecule has 2 aromatic carbocycles. The molecule has 1 aliphatic carbocycles. The smallest absolute Gasteiger partial charge is 0.138 e. The lowest BCUT2D eigenvalue weighted by atomic mass is 9.90. The molecule has 2 heterocycles. The van der Waals surface area contributed by atoms with Gasteiger partial charge in [-0.3, -0.25) is 4.98 Å². The van der Waals surface area contributed by atoms with E-state index in [0.29, 0.717) is 24.3 Å². The molecule has 2 atom stereocenters. The van der Waals surface area contributed by atoms with Gasteiger partial charge in [-0.1, -0.05) is 49.2 Å². The van der Waals surface area contributed by atoms with E-state index in [9.17, 15) is 5.11 Å². The van der Waals surface area contributed by atoms with Crippen molar-refractivity contribution in [3.63, 3.8) is 0 Å². The topological polar surface area (TPSA) is 97.9 Å². The molecule has 5 N–H and O–H groups in total. The van der Waals surface area contributed by atoms with Gasteiger partial charge in [0.15, 0.2) is 0 Å². The van der Waals surface area contributed by atoms with Crippen LogP contribution in [0.3, 0.4) is 0 Å². The van der Waals surface area contributed by atoms with Crippen LogP contribution >= 0.6 is 0 Å². The normalized spacial score (nSPS) is 18.2. The fourth-order valence-corrected chi connectivity index (χ4v) is 4.85. The molecule has 7 heteroatoms. The molecule has 4 aromatic rings. The summed E-state index contributed by atoms with van der Waals surface area (Å²) >= 11 is 0. The number of benzene rings is 2. The van der Waals surface area contributed by atoms with Crippen molar-refractivity contribution in [1.82, 2.24) is 30.9 Å². The van der Waals surface area contributed by atoms with E-state index in [1.54, 1.807) is 18.3 Å². The molecule has 0 saturated heterocycles. The van der Waals surface area contributed by atoms with Gasteiger partial charge in [-0.15, -0.1) is 0 Å². The minimum absolute atomic E-state index is 0.231. The van der Waals surface area contributed by atoms with Crippen LogP contribution in [0.15, 0.2) is 66.9 Å². The molecule has 182 valence electrons. The standard InChI is InChI=1S/C28H34N6O/c35-27-10-5-15-30-26(27)18-29-16-20-11-13-21(14-12-20)17-31-22-6-1-2-7-23(22)32-19-28-33-24-8-3-4-9-25(24)34-28/h3-5,8-15,22-23,29,31-32,35H,1-2,6-7,16-19H2,(H,33,34). The summed E-state index contributed by atoms with van der Waals surface area (Å²) in [5, 5.41) is 20.7. The van der Waals surface area contributed by atoms with E-state index in [1.165, 1.54) is 36.8 Å². The lowest BCUT2D eigenvalue weighted by molar-refractivity contribution is 0.280. The van der Waals surface area contributed by atoms with Crippen molar-refractivity contribution in [2.45, 2.75) is 63.9 Å². The van der Waals surface area contributed by atoms with Gasteiger partial charge in [0, 0.05) is 37.9 Å². The molecule has 35 heavy (non-hydrogen) atoms. The molecule has 5 rings (SSSR count). The van der Waals surface area contributed by atoms with Crippen LogP contribution in [-0.2, 0) is 26.2 Å². The SMILES string of the molecule is Oc1cccnc1CNCc1ccc(CNC2CCCCC2NCc2nc3ccccc3[nH]2)cc1. The second-order valence-electron chi connectivity index (χ2n) is 9.35. The molecule has 0 radical (unpaired) electrons. The zero-order valence-electron chi connectivity index (χ0n) is 20.0. The predicted molar refractivity (Wildman–Crippen MR) is 139 cm³/mol. The quantitative estimate of drug-likeness (QED) is 0.239. The summed E-state index contributed by atoms with van der Waals surface area (Å²) in [6, 6.07) is 21.2. The number of rotatable bonds is 10. The summed E-state index contributed by atoms with van der Waals surface area (Å²) < 4.78 is 0. The lowest BCUT2D eigenvalue weighted by Crippen LogP contribution is -2.49. The number of nitrogens with zero attached hydrogens (tertiary/aromatic N) is 2. The van der Waals surface area contributed by atoms with Crippen LogP contribution in [0.4, 0.5) is 0 Å². The molecule has 1 aliphatic rings. The largest absolute Gasteiger partial charge is 0.506 e. The van der Waals surface area contributed by atoms with E-state index in [1.807, 2.05) is 18.2 Å². The van der Waals surface area contributed by atoms with Crippen molar-refractivity contribution >= 4 is 11.0 Å². The van der Waals surface area contributed by atoms with Crippen molar-refractivity contribution in [2.24, 2.45) is 0 Å². The number of pyridine rings is 1. The molecular weight excluding hydrogens is 436 g/mol. The van der Waals surface area contributed by atoms with E-state index in [0.717, 1.165) is 36.5 Å². The number of fused-ring (bicyclic) bond motifs is 1. The summed E-state index contributed by atoms with van der Waals surface area (Å²) in [5.74, 6) is 1.23. The number of aromatic hydroxyl groups is 1. The number of hydrogen-bond donors (Lipinski definition) is 5. The van der Waals surface area contributed by atoms with Crippen LogP contribution in [-0.4, -0.2) is 32.1 Å². The molecular formula is C28H34N6O. The zero-order chi connectivity index (χ0) is 23.9. The maximum absolute atomic E-state index is 9.83. The van der Waals surface area contributed by atoms with E-state index in [2.05, 4.69) is 56.3 Å². The summed E-state index contributed by atoms with van der Waals surface area (Å²) in [6.45, 7) is 2.90. The molecule has 7 nitrogen and oxygen atoms in total. The second-order valence-corrected chi connectivity index (χ2v) is 9.35. The number of hydrogen-bond acceptors (Lipinski definition) is 6. The van der Waals surface area contributed by atoms with Crippen LogP contribution in [0.1, 0.15) is 48.3 Å². The number of para-hydroxylation sites is 2. The van der Waals surface area contributed by atoms with E-state index in [-0.39, 0.29) is 5.75 Å². The molecule has 0 bridgehead atoms. The Balaban J connectivity index is 1.09. The highest BCUT2D eigenvalue weighted by atomic mass is 16.3. The van der Waals surface area contributed by atoms with Gasteiger partial charge in [0.1, 0.15) is 11.6 Å². The zero-order valence-corrected chi connectivity index (χ0v) is 20.0. The molecule has 0 spiro atoms. The lowest BCUT2D eigenvalue weighted by Gasteiger charge is -2.33. The van der Waals surface area contributed by atoms with E-state index >= 15 is 0 Å². The van der Waals surface area contributed by atoms with Gasteiger partial charge < -0.3 is 26.0 Å². The Morgan fingerprint density at radius 2 is 1.51 bits per heavy atom. The Kier molecular flexibility index (Phi) is 7.68. The van der Waals surface area contributed by atoms with Gasteiger partial charge in [-0.05, 0) is 48.2 Å². The first-order chi connectivity index (χ1) is 17.2. The molecule has 1 fully saturated rings. The predicted octanol–water partition coefficient (Wildman–Crippen LogP) is 4.14. The highest BCUT2D eigenvalue weighted by molar-refractivity contribution is 5.74. The Morgan fingerprint density at radius 3 is 2.26 bits per heavy atom. The molecule has 0 aliphatic heterocycles. The first kappa shape index (κ1) is 23.5. The monoisotopic (exact) mass is 470 g/mol. The first-order valence-electron chi connectivity index (χ1n) is 12.6. The molecule has 2 aromatic heterocycles. The molecule has 1 saturated carbocycles. The Hall–Kier alpha value is -3.26. The van der Waals surface area contributed by atoms with Crippen LogP contribution in [0.2, 0.25) is 0 Å². The maximum atomic E-state index is 9.83. The van der Waals surface area contributed by atoms with Gasteiger partial charge in [0.05, 0.1) is 23.3 Å². The van der Waals surface area contributed by atoms with Crippen molar-refractivity contribution in [3.05, 3.63) is 89.5 Å². The van der Waals surface area contributed by atoms with Crippen molar-refractivity contribution in [1.29, 1.82) is 0 Å². The fraction of sp³-hybridized carbons (Fsp3) is 0.357. The second kappa shape index (κ2) is 11.4. The van der Waals surface area contributed by atoms with Crippen LogP contribution in [0.25, 0.3) is 11.0 Å². The van der Waals surface area contributed by atoms with Crippen molar-refractivity contribution in [2.75, 3.05) is 0 Å². The minimum Gasteiger partial charge on any atom is -0.506 e. The molecule has 2 unspecified atom stereocenters. The number of nitrogens with one attached hydrogen (secondary N) is 4. The minimum atomic E-state index is 0.231. The third kappa shape index (κ3) is 6.25. The van der Waals surface area contributed by atoms with Gasteiger partial charge in [0.25, 0.3) is 0 Å². The van der Waals surface area contributed by atoms with Gasteiger partial charge in [0.2, 0.25) is 0 Å². The number of aromatic amines is 1. The summed E-state index contributed by atoms with van der Waals surface area (Å²) in [7, 11) is 0. The Morgan fingerprint density at radius 1 is 0.800 bits per heavy atom. The van der Waals surface area contributed by atoms with Crippen LogP contribution < -0.4 is 16.0 Å². The summed E-state index contributed by atoms with van der Waals surface area (Å²) in [6.07, 6.45) is 6.63. The third-order valence-corrected chi connectivity index (χ3v) is 6.82. The Bertz CT molecular complexity index is 1190. The van der Waals surface area contributed by atoms with Crippen molar-refractivity contribution in [3.8, 4) is 5.75 Å². The van der Waals surface area contributed by atoms with Gasteiger partial charge in [-0.25, -0.2) is 4.98 Å². The van der Waals surface area contributed by atoms with E-state index < -0.39 is 0 Å². The molecule has 0 amide bonds. The average Bonchev–Trinajstić information content (AvgIpc) is 3.32. The number of H-pyrrole nitrogens is 1. The highest BCUT2D eigenvalue weighted by Gasteiger charge is 2.24. The van der Waals surface area contributed by atoms with E-state index in [4.69, 9.17) is 4.98 Å². The van der Waals surface area contributed by atoms with Crippen LogP contribution in [0, 0.1) is 0 Å². The maximum Gasteiger partial charge on any atom is 0.138 e. The number of aromatic nitrogens is 3. The van der Waals surface area contributed by atoms with Crippen molar-refractivity contribution < 1.29 is 5.11 Å². The fourth-order valence-electron chi connectivity index (χ4n) is 4.85. The van der Waals surface area contributed by atoms with Crippen LogP contribution in [0.5, 0.6) is 5.75 Å². The Labute approximate surface area is 206 Å². The number of imidazole rings is 1.